The summed E-state index contributed by atoms with van der Waals surface area (Å²) in [5.41, 5.74) is 1.42. The molecule has 0 heterocycles. The number of benzene rings is 3. The van der Waals surface area contributed by atoms with E-state index in [1.165, 1.54) is 24.3 Å². The first kappa shape index (κ1) is 25.8. The van der Waals surface area contributed by atoms with Crippen molar-refractivity contribution in [1.82, 2.24) is 0 Å². The van der Waals surface area contributed by atoms with E-state index in [4.69, 9.17) is 5.73 Å². The number of hydrogen-bond acceptors (Lipinski definition) is 7. The van der Waals surface area contributed by atoms with Gasteiger partial charge in [0.15, 0.2) is 11.6 Å². The third-order valence-corrected chi connectivity index (χ3v) is 5.85. The van der Waals surface area contributed by atoms with Gasteiger partial charge in [0.05, 0.1) is 33.0 Å². The maximum atomic E-state index is 13.8. The molecule has 34 heavy (non-hydrogen) atoms. The number of rotatable bonds is 3. The van der Waals surface area contributed by atoms with Gasteiger partial charge in [-0.25, -0.2) is 12.8 Å². The monoisotopic (exact) mass is 502 g/mol. The Labute approximate surface area is 212 Å². The van der Waals surface area contributed by atoms with Crippen LogP contribution < -0.4 is 40.6 Å². The van der Waals surface area contributed by atoms with Crippen LogP contribution in [0.2, 0.25) is 0 Å². The fraction of sp³-hybridized carbons (Fsp3) is 0.0476. The number of carbonyl (C=O) groups is 2. The van der Waals surface area contributed by atoms with E-state index in [1.807, 2.05) is 0 Å². The molecule has 4 rings (SSSR count). The summed E-state index contributed by atoms with van der Waals surface area (Å²) in [5.74, 6) is -2.93. The predicted octanol–water partition coefficient (Wildman–Crippen LogP) is 0.854. The molecule has 170 valence electrons. The van der Waals surface area contributed by atoms with Crippen LogP contribution in [0.5, 0.6) is 0 Å². The van der Waals surface area contributed by atoms with Crippen molar-refractivity contribution in [2.24, 2.45) is 0 Å². The van der Waals surface area contributed by atoms with E-state index >= 15 is 0 Å². The molecule has 0 amide bonds. The number of halogens is 4. The molecule has 3 aromatic carbocycles. The van der Waals surface area contributed by atoms with Crippen LogP contribution in [0.1, 0.15) is 37.4 Å². The Kier molecular flexibility index (Phi) is 6.68. The summed E-state index contributed by atoms with van der Waals surface area (Å²) in [6.45, 7) is 0. The Bertz CT molecular complexity index is 1470. The van der Waals surface area contributed by atoms with Crippen LogP contribution in [-0.2, 0) is 16.3 Å². The number of anilines is 3. The molecule has 0 atom stereocenters. The van der Waals surface area contributed by atoms with Gasteiger partial charge in [0, 0.05) is 16.8 Å². The predicted molar refractivity (Wildman–Crippen MR) is 107 cm³/mol. The van der Waals surface area contributed by atoms with Crippen LogP contribution in [0.4, 0.5) is 34.6 Å². The summed E-state index contributed by atoms with van der Waals surface area (Å²) in [5, 5.41) is 2.33. The first-order valence-electron chi connectivity index (χ1n) is 9.04. The summed E-state index contributed by atoms with van der Waals surface area (Å²) in [6.07, 6.45) is -4.91. The van der Waals surface area contributed by atoms with Gasteiger partial charge >= 0.3 is 35.7 Å². The molecular weight excluding hydrogens is 491 g/mol. The van der Waals surface area contributed by atoms with Crippen molar-refractivity contribution in [2.45, 2.75) is 11.1 Å². The van der Waals surface area contributed by atoms with Crippen molar-refractivity contribution in [3.8, 4) is 0 Å². The Morgan fingerprint density at radius 1 is 0.912 bits per heavy atom. The Balaban J connectivity index is 0.00000324. The smallest absolute Gasteiger partial charge is 0.744 e. The topological polar surface area (TPSA) is 129 Å². The molecule has 7 nitrogen and oxygen atoms in total. The van der Waals surface area contributed by atoms with Crippen molar-refractivity contribution in [3.05, 3.63) is 82.2 Å². The zero-order valence-electron chi connectivity index (χ0n) is 17.2. The van der Waals surface area contributed by atoms with Gasteiger partial charge in [0.1, 0.15) is 15.9 Å². The van der Waals surface area contributed by atoms with Gasteiger partial charge in [-0.1, -0.05) is 24.3 Å². The van der Waals surface area contributed by atoms with E-state index in [-0.39, 0.29) is 46.8 Å². The minimum absolute atomic E-state index is 0. The van der Waals surface area contributed by atoms with Crippen LogP contribution in [0, 0.1) is 5.82 Å². The number of hydrogen-bond donors (Lipinski definition) is 2. The average Bonchev–Trinajstić information content (AvgIpc) is 2.71. The zero-order valence-corrected chi connectivity index (χ0v) is 20.0. The van der Waals surface area contributed by atoms with Crippen LogP contribution in [-0.4, -0.2) is 24.5 Å². The van der Waals surface area contributed by atoms with Crippen LogP contribution >= 0.6 is 0 Å². The van der Waals surface area contributed by atoms with Crippen molar-refractivity contribution >= 4 is 38.7 Å². The van der Waals surface area contributed by atoms with E-state index in [0.29, 0.717) is 18.2 Å². The minimum Gasteiger partial charge on any atom is -0.744 e. The van der Waals surface area contributed by atoms with Gasteiger partial charge in [0.2, 0.25) is 0 Å². The minimum atomic E-state index is -5.27. The van der Waals surface area contributed by atoms with Gasteiger partial charge < -0.3 is 15.6 Å². The second kappa shape index (κ2) is 8.78. The molecule has 1 aliphatic rings. The molecule has 0 unspecified atom stereocenters. The first-order valence-corrected chi connectivity index (χ1v) is 10.5. The molecule has 1 aliphatic carbocycles. The van der Waals surface area contributed by atoms with Gasteiger partial charge in [-0.2, -0.15) is 13.2 Å². The maximum absolute atomic E-state index is 13.8. The summed E-state index contributed by atoms with van der Waals surface area (Å²) < 4.78 is 88.3. The van der Waals surface area contributed by atoms with Crippen molar-refractivity contribution in [2.75, 3.05) is 11.1 Å². The Morgan fingerprint density at radius 3 is 2.00 bits per heavy atom. The molecule has 13 heteroatoms. The number of nitrogen functional groups attached to an aromatic ring is 1. The normalized spacial score (nSPS) is 13.1. The van der Waals surface area contributed by atoms with Gasteiger partial charge in [-0.05, 0) is 24.3 Å². The van der Waals surface area contributed by atoms with Crippen molar-refractivity contribution in [1.29, 1.82) is 0 Å². The molecule has 3 N–H and O–H groups in total. The van der Waals surface area contributed by atoms with E-state index in [1.54, 1.807) is 0 Å². The molecule has 0 saturated carbocycles. The third-order valence-electron chi connectivity index (χ3n) is 4.97. The van der Waals surface area contributed by atoms with E-state index in [9.17, 15) is 40.1 Å². The number of carbonyl (C=O) groups excluding carboxylic acids is 2. The molecule has 0 fully saturated rings. The van der Waals surface area contributed by atoms with E-state index < -0.39 is 72.3 Å². The average molecular weight is 502 g/mol. The van der Waals surface area contributed by atoms with Crippen LogP contribution in [0.25, 0.3) is 0 Å². The molecule has 0 bridgehead atoms. The largest absolute Gasteiger partial charge is 1.00 e. The number of fused-ring (bicyclic) bond motifs is 2. The second-order valence-electron chi connectivity index (χ2n) is 7.10. The SMILES string of the molecule is Nc1c(S(=O)(=O)[O-])cc(Nc2cc(F)cc(C(F)(F)F)c2)c2c1C(=O)c1ccccc1C2=O.[Na+]. The Morgan fingerprint density at radius 2 is 1.47 bits per heavy atom. The summed E-state index contributed by atoms with van der Waals surface area (Å²) >= 11 is 0. The maximum Gasteiger partial charge on any atom is 1.00 e. The molecule has 0 spiro atoms. The standard InChI is InChI=1S/C21H12F4N2O5S.Na/c22-10-5-9(21(23,24)25)6-11(7-10)27-14-8-15(33(30,31)32)18(26)17-16(14)19(28)12-3-1-2-4-13(12)20(17)29;/h1-8,27H,26H2,(H,30,31,32);/q;+1/p-1. The quantitative estimate of drug-likeness (QED) is 0.184. The van der Waals surface area contributed by atoms with Crippen molar-refractivity contribution in [3.63, 3.8) is 0 Å². The second-order valence-corrected chi connectivity index (χ2v) is 8.44. The number of ketones is 2. The number of nitrogens with two attached hydrogens (primary N) is 1. The van der Waals surface area contributed by atoms with Gasteiger partial charge in [0.25, 0.3) is 0 Å². The van der Waals surface area contributed by atoms with E-state index in [0.717, 1.165) is 0 Å². The van der Waals surface area contributed by atoms with Gasteiger partial charge in [-0.3, -0.25) is 9.59 Å². The molecule has 0 radical (unpaired) electrons. The fourth-order valence-corrected chi connectivity index (χ4v) is 4.21. The molecule has 0 saturated heterocycles. The molecule has 0 aromatic heterocycles. The molecule has 0 aliphatic heterocycles. The summed E-state index contributed by atoms with van der Waals surface area (Å²) in [6, 6.07) is 7.57. The third kappa shape index (κ3) is 4.46. The Hall–Kier alpha value is -2.77. The number of alkyl halides is 3. The van der Waals surface area contributed by atoms with Crippen LogP contribution in [0.15, 0.2) is 53.4 Å². The molecular formula is C21H11F4N2NaO5S. The molecule has 3 aromatic rings. The first-order chi connectivity index (χ1) is 15.3. The summed E-state index contributed by atoms with van der Waals surface area (Å²) in [7, 11) is -5.27. The summed E-state index contributed by atoms with van der Waals surface area (Å²) in [4.78, 5) is 25.1. The van der Waals surface area contributed by atoms with Crippen molar-refractivity contribution < 1.29 is 69.7 Å². The zero-order chi connectivity index (χ0) is 24.3. The van der Waals surface area contributed by atoms with Gasteiger partial charge in [-0.15, -0.1) is 0 Å². The van der Waals surface area contributed by atoms with Crippen LogP contribution in [0.3, 0.4) is 0 Å². The van der Waals surface area contributed by atoms with E-state index in [2.05, 4.69) is 5.32 Å². The number of nitrogens with one attached hydrogen (secondary N) is 1. The fourth-order valence-electron chi connectivity index (χ4n) is 3.58.